The lowest BCUT2D eigenvalue weighted by Gasteiger charge is -2.09. The molecule has 3 N–H and O–H groups in total. The normalized spacial score (nSPS) is 10.8. The van der Waals surface area contributed by atoms with Gasteiger partial charge in [0.05, 0.1) is 10.6 Å². The summed E-state index contributed by atoms with van der Waals surface area (Å²) in [5.41, 5.74) is 0.529. The highest BCUT2D eigenvalue weighted by atomic mass is 79.9. The number of halogens is 2. The number of sulfonamides is 1. The summed E-state index contributed by atoms with van der Waals surface area (Å²) in [6.07, 6.45) is 0. The minimum atomic E-state index is -3.53. The van der Waals surface area contributed by atoms with Gasteiger partial charge in [-0.15, -0.1) is 12.4 Å². The fraction of sp³-hybridized carbons (Fsp3) is 0.364. The van der Waals surface area contributed by atoms with Crippen LogP contribution in [0.15, 0.2) is 27.6 Å². The van der Waals surface area contributed by atoms with Gasteiger partial charge in [0.25, 0.3) is 0 Å². The third kappa shape index (κ3) is 5.76. The van der Waals surface area contributed by atoms with E-state index in [0.717, 1.165) is 0 Å². The van der Waals surface area contributed by atoms with E-state index >= 15 is 0 Å². The van der Waals surface area contributed by atoms with Crippen LogP contribution in [0.1, 0.15) is 6.92 Å². The van der Waals surface area contributed by atoms with E-state index in [1.54, 1.807) is 7.05 Å². The molecule has 0 unspecified atom stereocenters. The molecular formula is C11H17BrClN3O3S. The van der Waals surface area contributed by atoms with E-state index in [1.165, 1.54) is 25.1 Å². The third-order valence-electron chi connectivity index (χ3n) is 2.23. The highest BCUT2D eigenvalue weighted by molar-refractivity contribution is 9.10. The van der Waals surface area contributed by atoms with Crippen molar-refractivity contribution in [2.45, 2.75) is 11.8 Å². The average Bonchev–Trinajstić information content (AvgIpc) is 2.31. The van der Waals surface area contributed by atoms with Crippen molar-refractivity contribution in [2.24, 2.45) is 0 Å². The minimum Gasteiger partial charge on any atom is -0.325 e. The van der Waals surface area contributed by atoms with Gasteiger partial charge >= 0.3 is 0 Å². The Labute approximate surface area is 133 Å². The zero-order valence-electron chi connectivity index (χ0n) is 11.1. The standard InChI is InChI=1S/C11H16BrN3O3S.ClH/c1-8(16)15-11-4-3-9(7-10(11)12)19(17,18)14-6-5-13-2;/h3-4,7,13-14H,5-6H2,1-2H3,(H,15,16);1H. The van der Waals surface area contributed by atoms with Crippen LogP contribution in [0.3, 0.4) is 0 Å². The maximum Gasteiger partial charge on any atom is 0.240 e. The molecule has 0 saturated carbocycles. The lowest BCUT2D eigenvalue weighted by atomic mass is 10.3. The molecule has 0 aromatic heterocycles. The Hall–Kier alpha value is -0.670. The smallest absolute Gasteiger partial charge is 0.240 e. The van der Waals surface area contributed by atoms with Crippen molar-refractivity contribution in [2.75, 3.05) is 25.5 Å². The van der Waals surface area contributed by atoms with Crippen molar-refractivity contribution in [1.82, 2.24) is 10.0 Å². The van der Waals surface area contributed by atoms with Gasteiger partial charge < -0.3 is 10.6 Å². The second kappa shape index (κ2) is 8.58. The molecule has 0 bridgehead atoms. The van der Waals surface area contributed by atoms with Crippen molar-refractivity contribution < 1.29 is 13.2 Å². The first kappa shape index (κ1) is 19.3. The number of benzene rings is 1. The first-order valence-corrected chi connectivity index (χ1v) is 7.86. The monoisotopic (exact) mass is 385 g/mol. The number of hydrogen-bond donors (Lipinski definition) is 3. The van der Waals surface area contributed by atoms with Crippen LogP contribution in [-0.4, -0.2) is 34.5 Å². The summed E-state index contributed by atoms with van der Waals surface area (Å²) >= 11 is 3.23. The Morgan fingerprint density at radius 1 is 1.30 bits per heavy atom. The fourth-order valence-corrected chi connectivity index (χ4v) is 3.03. The molecule has 0 atom stereocenters. The number of hydrogen-bond acceptors (Lipinski definition) is 4. The van der Waals surface area contributed by atoms with E-state index in [1.807, 2.05) is 0 Å². The largest absolute Gasteiger partial charge is 0.325 e. The Bertz CT molecular complexity index is 566. The Balaban J connectivity index is 0.00000361. The van der Waals surface area contributed by atoms with Crippen LogP contribution < -0.4 is 15.4 Å². The third-order valence-corrected chi connectivity index (χ3v) is 4.34. The molecule has 0 heterocycles. The molecule has 114 valence electrons. The molecule has 1 rings (SSSR count). The van der Waals surface area contributed by atoms with Gasteiger partial charge in [0.2, 0.25) is 15.9 Å². The molecule has 9 heteroatoms. The summed E-state index contributed by atoms with van der Waals surface area (Å²) in [6.45, 7) is 2.24. The van der Waals surface area contributed by atoms with Crippen molar-refractivity contribution >= 4 is 50.0 Å². The quantitative estimate of drug-likeness (QED) is 0.644. The maximum atomic E-state index is 11.9. The van der Waals surface area contributed by atoms with Crippen molar-refractivity contribution in [3.05, 3.63) is 22.7 Å². The Morgan fingerprint density at radius 3 is 2.45 bits per heavy atom. The number of likely N-dealkylation sites (N-methyl/N-ethyl adjacent to an activating group) is 1. The molecule has 0 aliphatic rings. The van der Waals surface area contributed by atoms with Gasteiger partial charge in [-0.25, -0.2) is 13.1 Å². The van der Waals surface area contributed by atoms with Gasteiger partial charge in [-0.2, -0.15) is 0 Å². The molecule has 1 aromatic rings. The summed E-state index contributed by atoms with van der Waals surface area (Å²) in [5, 5.41) is 5.44. The van der Waals surface area contributed by atoms with Crippen LogP contribution in [0.4, 0.5) is 5.69 Å². The molecule has 0 fully saturated rings. The van der Waals surface area contributed by atoms with E-state index in [4.69, 9.17) is 0 Å². The molecule has 0 saturated heterocycles. The lowest BCUT2D eigenvalue weighted by molar-refractivity contribution is -0.114. The first-order valence-electron chi connectivity index (χ1n) is 5.58. The SMILES string of the molecule is CNCCNS(=O)(=O)c1ccc(NC(C)=O)c(Br)c1.Cl. The summed E-state index contributed by atoms with van der Waals surface area (Å²) in [7, 11) is -1.79. The zero-order valence-corrected chi connectivity index (χ0v) is 14.3. The molecule has 1 amide bonds. The van der Waals surface area contributed by atoms with Crippen molar-refractivity contribution in [3.8, 4) is 0 Å². The number of carbonyl (C=O) groups excluding carboxylic acids is 1. The van der Waals surface area contributed by atoms with E-state index in [2.05, 4.69) is 31.3 Å². The van der Waals surface area contributed by atoms with Crippen LogP contribution in [0, 0.1) is 0 Å². The van der Waals surface area contributed by atoms with Crippen LogP contribution in [0.2, 0.25) is 0 Å². The molecule has 0 spiro atoms. The molecule has 20 heavy (non-hydrogen) atoms. The topological polar surface area (TPSA) is 87.3 Å². The van der Waals surface area contributed by atoms with Crippen LogP contribution in [0.25, 0.3) is 0 Å². The molecule has 0 radical (unpaired) electrons. The second-order valence-corrected chi connectivity index (χ2v) is 6.45. The molecule has 0 aliphatic heterocycles. The predicted molar refractivity (Wildman–Crippen MR) is 84.8 cm³/mol. The Kier molecular flexibility index (Phi) is 8.29. The first-order chi connectivity index (χ1) is 8.86. The number of anilines is 1. The van der Waals surface area contributed by atoms with Crippen molar-refractivity contribution in [1.29, 1.82) is 0 Å². The zero-order chi connectivity index (χ0) is 14.5. The number of amides is 1. The van der Waals surface area contributed by atoms with Gasteiger partial charge in [0.15, 0.2) is 0 Å². The minimum absolute atomic E-state index is 0. The number of nitrogens with one attached hydrogen (secondary N) is 3. The van der Waals surface area contributed by atoms with Gasteiger partial charge in [0, 0.05) is 24.5 Å². The molecule has 6 nitrogen and oxygen atoms in total. The van der Waals surface area contributed by atoms with E-state index in [-0.39, 0.29) is 23.2 Å². The predicted octanol–water partition coefficient (Wildman–Crippen LogP) is 1.33. The maximum absolute atomic E-state index is 11.9. The van der Waals surface area contributed by atoms with Gasteiger partial charge in [-0.05, 0) is 41.2 Å². The van der Waals surface area contributed by atoms with Gasteiger partial charge in [-0.3, -0.25) is 4.79 Å². The molecule has 0 aliphatic carbocycles. The van der Waals surface area contributed by atoms with Crippen LogP contribution in [-0.2, 0) is 14.8 Å². The van der Waals surface area contributed by atoms with Crippen molar-refractivity contribution in [3.63, 3.8) is 0 Å². The summed E-state index contributed by atoms with van der Waals surface area (Å²) < 4.78 is 26.9. The highest BCUT2D eigenvalue weighted by Gasteiger charge is 2.15. The van der Waals surface area contributed by atoms with E-state index in [9.17, 15) is 13.2 Å². The van der Waals surface area contributed by atoms with Gasteiger partial charge in [-0.1, -0.05) is 0 Å². The van der Waals surface area contributed by atoms with Gasteiger partial charge in [0.1, 0.15) is 0 Å². The van der Waals surface area contributed by atoms with Crippen LogP contribution >= 0.6 is 28.3 Å². The molecule has 1 aromatic carbocycles. The summed E-state index contributed by atoms with van der Waals surface area (Å²) in [4.78, 5) is 11.1. The van der Waals surface area contributed by atoms with E-state index in [0.29, 0.717) is 23.2 Å². The molecular weight excluding hydrogens is 370 g/mol. The number of rotatable bonds is 6. The lowest BCUT2D eigenvalue weighted by Crippen LogP contribution is -2.30. The van der Waals surface area contributed by atoms with Crippen LogP contribution in [0.5, 0.6) is 0 Å². The fourth-order valence-electron chi connectivity index (χ4n) is 1.35. The summed E-state index contributed by atoms with van der Waals surface area (Å²) in [6, 6.07) is 4.43. The van der Waals surface area contributed by atoms with E-state index < -0.39 is 10.0 Å². The summed E-state index contributed by atoms with van der Waals surface area (Å²) in [5.74, 6) is -0.219. The average molecular weight is 387 g/mol. The second-order valence-electron chi connectivity index (χ2n) is 3.82. The Morgan fingerprint density at radius 2 is 1.95 bits per heavy atom. The number of carbonyl (C=O) groups is 1. The highest BCUT2D eigenvalue weighted by Crippen LogP contribution is 2.25.